The Labute approximate surface area is 142 Å². The number of hydrogen-bond acceptors (Lipinski definition) is 3. The van der Waals surface area contributed by atoms with Crippen molar-refractivity contribution in [2.45, 2.75) is 24.8 Å². The maximum atomic E-state index is 12.9. The van der Waals surface area contributed by atoms with Crippen LogP contribution in [0.25, 0.3) is 0 Å². The number of amides is 1. The molecule has 124 valence electrons. The number of piperazine rings is 1. The zero-order valence-corrected chi connectivity index (χ0v) is 14.0. The number of hydrogen-bond donors (Lipinski definition) is 1. The third-order valence-electron chi connectivity index (χ3n) is 4.43. The quantitative estimate of drug-likeness (QED) is 0.890. The van der Waals surface area contributed by atoms with E-state index in [-0.39, 0.29) is 36.5 Å². The second-order valence-corrected chi connectivity index (χ2v) is 5.77. The predicted octanol–water partition coefficient (Wildman–Crippen LogP) is 2.20. The average Bonchev–Trinajstić information content (AvgIpc) is 2.45. The van der Waals surface area contributed by atoms with E-state index in [4.69, 9.17) is 5.73 Å². The van der Waals surface area contributed by atoms with Crippen LogP contribution in [0.2, 0.25) is 0 Å². The van der Waals surface area contributed by atoms with E-state index in [2.05, 4.69) is 4.90 Å². The molecule has 0 spiro atoms. The monoisotopic (exact) mass is 349 g/mol. The van der Waals surface area contributed by atoms with E-state index in [9.17, 15) is 9.18 Å². The molecule has 1 heterocycles. The van der Waals surface area contributed by atoms with Crippen molar-refractivity contribution in [1.29, 1.82) is 0 Å². The van der Waals surface area contributed by atoms with Crippen molar-refractivity contribution in [3.63, 3.8) is 0 Å². The zero-order chi connectivity index (χ0) is 14.2. The number of benzene rings is 1. The van der Waals surface area contributed by atoms with Gasteiger partial charge in [0.2, 0.25) is 5.91 Å². The van der Waals surface area contributed by atoms with Crippen LogP contribution in [-0.2, 0) is 4.79 Å². The summed E-state index contributed by atoms with van der Waals surface area (Å²) >= 11 is 0. The van der Waals surface area contributed by atoms with Gasteiger partial charge in [0.05, 0.1) is 5.54 Å². The normalized spacial score (nSPS) is 19.5. The van der Waals surface area contributed by atoms with Crippen LogP contribution in [0.5, 0.6) is 0 Å². The lowest BCUT2D eigenvalue weighted by Gasteiger charge is -2.43. The maximum absolute atomic E-state index is 12.9. The van der Waals surface area contributed by atoms with Crippen LogP contribution in [0.15, 0.2) is 24.3 Å². The second-order valence-electron chi connectivity index (χ2n) is 5.77. The lowest BCUT2D eigenvalue weighted by molar-refractivity contribution is -0.140. The zero-order valence-electron chi connectivity index (χ0n) is 12.3. The number of halogens is 3. The van der Waals surface area contributed by atoms with Crippen LogP contribution >= 0.6 is 24.8 Å². The van der Waals surface area contributed by atoms with Gasteiger partial charge in [0.15, 0.2) is 0 Å². The van der Waals surface area contributed by atoms with Crippen molar-refractivity contribution in [3.05, 3.63) is 30.1 Å². The second kappa shape index (κ2) is 7.49. The topological polar surface area (TPSA) is 49.6 Å². The van der Waals surface area contributed by atoms with Gasteiger partial charge in [-0.05, 0) is 43.5 Å². The van der Waals surface area contributed by atoms with Crippen molar-refractivity contribution >= 4 is 36.4 Å². The Morgan fingerprint density at radius 3 is 2.05 bits per heavy atom. The SMILES string of the molecule is Cl.Cl.NC1(C(=O)N2CCN(c3ccc(F)cc3)CC2)CCC1. The van der Waals surface area contributed by atoms with E-state index in [1.54, 1.807) is 12.1 Å². The van der Waals surface area contributed by atoms with Crippen LogP contribution < -0.4 is 10.6 Å². The number of anilines is 1. The van der Waals surface area contributed by atoms with E-state index < -0.39 is 5.54 Å². The molecule has 0 radical (unpaired) electrons. The van der Waals surface area contributed by atoms with E-state index in [1.807, 2.05) is 4.90 Å². The molecule has 3 rings (SSSR count). The molecule has 0 aromatic heterocycles. The molecule has 0 bridgehead atoms. The fourth-order valence-corrected chi connectivity index (χ4v) is 2.91. The fraction of sp³-hybridized carbons (Fsp3) is 0.533. The number of nitrogens with zero attached hydrogens (tertiary/aromatic N) is 2. The Morgan fingerprint density at radius 2 is 1.59 bits per heavy atom. The summed E-state index contributed by atoms with van der Waals surface area (Å²) in [6, 6.07) is 6.50. The van der Waals surface area contributed by atoms with Gasteiger partial charge in [0.25, 0.3) is 0 Å². The van der Waals surface area contributed by atoms with Crippen LogP contribution in [0, 0.1) is 5.82 Å². The fourth-order valence-electron chi connectivity index (χ4n) is 2.91. The number of rotatable bonds is 2. The van der Waals surface area contributed by atoms with Crippen LogP contribution in [0.1, 0.15) is 19.3 Å². The molecule has 1 aliphatic heterocycles. The lowest BCUT2D eigenvalue weighted by atomic mass is 9.76. The van der Waals surface area contributed by atoms with E-state index in [0.29, 0.717) is 13.1 Å². The summed E-state index contributed by atoms with van der Waals surface area (Å²) in [6.07, 6.45) is 2.67. The molecule has 22 heavy (non-hydrogen) atoms. The first-order valence-electron chi connectivity index (χ1n) is 7.17. The van der Waals surface area contributed by atoms with Crippen molar-refractivity contribution in [3.8, 4) is 0 Å². The Kier molecular flexibility index (Phi) is 6.47. The molecule has 2 aliphatic rings. The Bertz CT molecular complexity index is 500. The Morgan fingerprint density at radius 1 is 1.05 bits per heavy atom. The summed E-state index contributed by atoms with van der Waals surface area (Å²) in [7, 11) is 0. The highest BCUT2D eigenvalue weighted by Crippen LogP contribution is 2.31. The first-order chi connectivity index (χ1) is 9.58. The van der Waals surface area contributed by atoms with Gasteiger partial charge in [-0.3, -0.25) is 4.79 Å². The summed E-state index contributed by atoms with van der Waals surface area (Å²) < 4.78 is 12.9. The minimum absolute atomic E-state index is 0. The number of carbonyl (C=O) groups excluding carboxylic acids is 1. The van der Waals surface area contributed by atoms with E-state index >= 15 is 0 Å². The molecular weight excluding hydrogens is 328 g/mol. The first-order valence-corrected chi connectivity index (χ1v) is 7.17. The van der Waals surface area contributed by atoms with Gasteiger partial charge in [-0.1, -0.05) is 0 Å². The summed E-state index contributed by atoms with van der Waals surface area (Å²) in [5.41, 5.74) is 6.50. The third-order valence-corrected chi connectivity index (χ3v) is 4.43. The van der Waals surface area contributed by atoms with Crippen molar-refractivity contribution in [2.24, 2.45) is 5.73 Å². The largest absolute Gasteiger partial charge is 0.368 e. The minimum Gasteiger partial charge on any atom is -0.368 e. The third kappa shape index (κ3) is 3.65. The summed E-state index contributed by atoms with van der Waals surface area (Å²) in [6.45, 7) is 2.92. The molecular formula is C15H22Cl2FN3O. The molecule has 1 saturated heterocycles. The highest BCUT2D eigenvalue weighted by Gasteiger charge is 2.43. The summed E-state index contributed by atoms with van der Waals surface area (Å²) in [5.74, 6) is -0.125. The lowest BCUT2D eigenvalue weighted by Crippen LogP contribution is -2.62. The Hall–Kier alpha value is -1.04. The molecule has 2 N–H and O–H groups in total. The molecule has 1 aromatic rings. The van der Waals surface area contributed by atoms with Crippen molar-refractivity contribution < 1.29 is 9.18 Å². The molecule has 4 nitrogen and oxygen atoms in total. The molecule has 1 aromatic carbocycles. The van der Waals surface area contributed by atoms with Gasteiger partial charge in [-0.25, -0.2) is 4.39 Å². The molecule has 0 atom stereocenters. The molecule has 1 saturated carbocycles. The molecule has 1 amide bonds. The highest BCUT2D eigenvalue weighted by molar-refractivity contribution is 5.87. The van der Waals surface area contributed by atoms with Gasteiger partial charge in [-0.2, -0.15) is 0 Å². The van der Waals surface area contributed by atoms with Crippen LogP contribution in [0.4, 0.5) is 10.1 Å². The molecule has 2 fully saturated rings. The van der Waals surface area contributed by atoms with Crippen LogP contribution in [-0.4, -0.2) is 42.5 Å². The highest BCUT2D eigenvalue weighted by atomic mass is 35.5. The van der Waals surface area contributed by atoms with Gasteiger partial charge in [-0.15, -0.1) is 24.8 Å². The van der Waals surface area contributed by atoms with Crippen molar-refractivity contribution in [1.82, 2.24) is 4.90 Å². The van der Waals surface area contributed by atoms with Gasteiger partial charge >= 0.3 is 0 Å². The summed E-state index contributed by atoms with van der Waals surface area (Å²) in [5, 5.41) is 0. The maximum Gasteiger partial charge on any atom is 0.242 e. The van der Waals surface area contributed by atoms with Gasteiger partial charge < -0.3 is 15.5 Å². The number of carbonyl (C=O) groups is 1. The van der Waals surface area contributed by atoms with Gasteiger partial charge in [0, 0.05) is 31.9 Å². The van der Waals surface area contributed by atoms with Crippen LogP contribution in [0.3, 0.4) is 0 Å². The molecule has 1 aliphatic carbocycles. The first kappa shape index (κ1) is 19.0. The summed E-state index contributed by atoms with van der Waals surface area (Å²) in [4.78, 5) is 16.4. The predicted molar refractivity (Wildman–Crippen MR) is 90.5 cm³/mol. The average molecular weight is 350 g/mol. The number of nitrogens with two attached hydrogens (primary N) is 1. The van der Waals surface area contributed by atoms with Gasteiger partial charge in [0.1, 0.15) is 5.82 Å². The van der Waals surface area contributed by atoms with E-state index in [1.165, 1.54) is 12.1 Å². The van der Waals surface area contributed by atoms with Crippen molar-refractivity contribution in [2.75, 3.05) is 31.1 Å². The van der Waals surface area contributed by atoms with E-state index in [0.717, 1.165) is 38.0 Å². The molecule has 7 heteroatoms. The Balaban J connectivity index is 0.00000121. The molecule has 0 unspecified atom stereocenters. The standard InChI is InChI=1S/C15H20FN3O.2ClH/c16-12-2-4-13(5-3-12)18-8-10-19(11-9-18)14(20)15(17)6-1-7-15;;/h2-5H,1,6-11,17H2;2*1H. The minimum atomic E-state index is -0.599. The smallest absolute Gasteiger partial charge is 0.242 e.